The number of carboxylic acid groups (broad SMARTS) is 1. The van der Waals surface area contributed by atoms with Crippen molar-refractivity contribution in [2.75, 3.05) is 0 Å². The Morgan fingerprint density at radius 1 is 1.22 bits per heavy atom. The van der Waals surface area contributed by atoms with Crippen LogP contribution in [0.5, 0.6) is 11.6 Å². The van der Waals surface area contributed by atoms with Crippen molar-refractivity contribution in [2.24, 2.45) is 0 Å². The summed E-state index contributed by atoms with van der Waals surface area (Å²) in [5, 5.41) is 9.13. The minimum Gasteiger partial charge on any atom is -0.477 e. The van der Waals surface area contributed by atoms with Gasteiger partial charge >= 0.3 is 5.97 Å². The average molecular weight is 244 g/mol. The molecule has 2 aromatic rings. The first-order valence-electron chi connectivity index (χ1n) is 5.37. The fraction of sp³-hybridized carbons (Fsp3) is 0.154. The maximum atomic E-state index is 11.2. The number of pyridine rings is 2. The molecule has 0 aliphatic heterocycles. The van der Waals surface area contributed by atoms with E-state index in [4.69, 9.17) is 9.84 Å². The van der Waals surface area contributed by atoms with E-state index in [9.17, 15) is 4.79 Å². The molecule has 0 unspecified atom stereocenters. The Balaban J connectivity index is 2.37. The molecule has 0 saturated carbocycles. The summed E-state index contributed by atoms with van der Waals surface area (Å²) in [6.45, 7) is 3.56. The standard InChI is InChI=1S/C13H12N2O3/c1-8-5-6-14-12(11(8)13(16)17)18-10-4-3-9(2)15-7-10/h3-7H,1-2H3,(H,16,17). The summed E-state index contributed by atoms with van der Waals surface area (Å²) in [7, 11) is 0. The van der Waals surface area contributed by atoms with Crippen LogP contribution in [0.4, 0.5) is 0 Å². The van der Waals surface area contributed by atoms with E-state index >= 15 is 0 Å². The summed E-state index contributed by atoms with van der Waals surface area (Å²) >= 11 is 0. The third-order valence-corrected chi connectivity index (χ3v) is 2.44. The van der Waals surface area contributed by atoms with E-state index in [1.54, 1.807) is 25.1 Å². The Morgan fingerprint density at radius 3 is 2.61 bits per heavy atom. The van der Waals surface area contributed by atoms with Gasteiger partial charge in [0, 0.05) is 11.9 Å². The lowest BCUT2D eigenvalue weighted by Gasteiger charge is -2.08. The van der Waals surface area contributed by atoms with Crippen LogP contribution in [0.15, 0.2) is 30.6 Å². The Bertz CT molecular complexity index is 579. The predicted octanol–water partition coefficient (Wildman–Crippen LogP) is 2.58. The van der Waals surface area contributed by atoms with Crippen LogP contribution in [0.1, 0.15) is 21.6 Å². The largest absolute Gasteiger partial charge is 0.477 e. The molecule has 2 rings (SSSR count). The van der Waals surface area contributed by atoms with Crippen LogP contribution in [0.25, 0.3) is 0 Å². The molecule has 0 atom stereocenters. The van der Waals surface area contributed by atoms with Gasteiger partial charge in [0.2, 0.25) is 5.88 Å². The van der Waals surface area contributed by atoms with Crippen LogP contribution < -0.4 is 4.74 Å². The van der Waals surface area contributed by atoms with E-state index in [-0.39, 0.29) is 11.4 Å². The van der Waals surface area contributed by atoms with Crippen LogP contribution in [0, 0.1) is 13.8 Å². The molecule has 5 heteroatoms. The molecular formula is C13H12N2O3. The van der Waals surface area contributed by atoms with Crippen LogP contribution in [-0.4, -0.2) is 21.0 Å². The van der Waals surface area contributed by atoms with Crippen molar-refractivity contribution in [1.82, 2.24) is 9.97 Å². The minimum atomic E-state index is -1.06. The summed E-state index contributed by atoms with van der Waals surface area (Å²) in [6.07, 6.45) is 3.05. The Labute approximate surface area is 104 Å². The second kappa shape index (κ2) is 4.83. The van der Waals surface area contributed by atoms with E-state index in [1.807, 2.05) is 6.92 Å². The molecule has 0 aromatic carbocycles. The lowest BCUT2D eigenvalue weighted by atomic mass is 10.1. The molecule has 1 N–H and O–H groups in total. The summed E-state index contributed by atoms with van der Waals surface area (Å²) < 4.78 is 5.45. The van der Waals surface area contributed by atoms with Gasteiger partial charge in [0.15, 0.2) is 0 Å². The third kappa shape index (κ3) is 2.45. The fourth-order valence-electron chi connectivity index (χ4n) is 1.50. The minimum absolute atomic E-state index is 0.0677. The molecule has 0 fully saturated rings. The van der Waals surface area contributed by atoms with Gasteiger partial charge in [-0.1, -0.05) is 0 Å². The van der Waals surface area contributed by atoms with Crippen LogP contribution in [0.2, 0.25) is 0 Å². The van der Waals surface area contributed by atoms with Gasteiger partial charge in [-0.05, 0) is 37.6 Å². The van der Waals surface area contributed by atoms with Crippen molar-refractivity contribution < 1.29 is 14.6 Å². The number of carboxylic acids is 1. The molecule has 18 heavy (non-hydrogen) atoms. The SMILES string of the molecule is Cc1ccc(Oc2nccc(C)c2C(=O)O)cn1. The lowest BCUT2D eigenvalue weighted by molar-refractivity contribution is 0.0692. The topological polar surface area (TPSA) is 72.3 Å². The van der Waals surface area contributed by atoms with Crippen molar-refractivity contribution in [3.8, 4) is 11.6 Å². The van der Waals surface area contributed by atoms with Gasteiger partial charge in [-0.2, -0.15) is 0 Å². The van der Waals surface area contributed by atoms with E-state index in [0.717, 1.165) is 5.69 Å². The summed E-state index contributed by atoms with van der Waals surface area (Å²) in [4.78, 5) is 19.2. The number of carbonyl (C=O) groups is 1. The molecule has 0 saturated heterocycles. The molecule has 92 valence electrons. The van der Waals surface area contributed by atoms with Crippen molar-refractivity contribution in [3.63, 3.8) is 0 Å². The smallest absolute Gasteiger partial charge is 0.341 e. The Hall–Kier alpha value is -2.43. The Kier molecular flexibility index (Phi) is 3.23. The van der Waals surface area contributed by atoms with Crippen LogP contribution in [-0.2, 0) is 0 Å². The Morgan fingerprint density at radius 2 is 2.00 bits per heavy atom. The second-order valence-electron chi connectivity index (χ2n) is 3.85. The van der Waals surface area contributed by atoms with Gasteiger partial charge in [0.25, 0.3) is 0 Å². The summed E-state index contributed by atoms with van der Waals surface area (Å²) in [5.41, 5.74) is 1.53. The average Bonchev–Trinajstić information content (AvgIpc) is 2.32. The summed E-state index contributed by atoms with van der Waals surface area (Å²) in [6, 6.07) is 5.13. The zero-order valence-corrected chi connectivity index (χ0v) is 10.0. The molecular weight excluding hydrogens is 232 g/mol. The zero-order valence-electron chi connectivity index (χ0n) is 10.0. The first-order chi connectivity index (χ1) is 8.58. The zero-order chi connectivity index (χ0) is 13.1. The molecule has 2 aromatic heterocycles. The number of aromatic nitrogens is 2. The van der Waals surface area contributed by atoms with Crippen LogP contribution >= 0.6 is 0 Å². The van der Waals surface area contributed by atoms with E-state index in [0.29, 0.717) is 11.3 Å². The van der Waals surface area contributed by atoms with E-state index < -0.39 is 5.97 Å². The first kappa shape index (κ1) is 12.0. The highest BCUT2D eigenvalue weighted by Gasteiger charge is 2.16. The lowest BCUT2D eigenvalue weighted by Crippen LogP contribution is -2.04. The molecule has 0 radical (unpaired) electrons. The summed E-state index contributed by atoms with van der Waals surface area (Å²) in [5.74, 6) is -0.523. The van der Waals surface area contributed by atoms with Gasteiger partial charge in [0.1, 0.15) is 11.3 Å². The number of ether oxygens (including phenoxy) is 1. The number of hydrogen-bond donors (Lipinski definition) is 1. The predicted molar refractivity (Wildman–Crippen MR) is 65.0 cm³/mol. The quantitative estimate of drug-likeness (QED) is 0.898. The molecule has 0 aliphatic carbocycles. The monoisotopic (exact) mass is 244 g/mol. The first-order valence-corrected chi connectivity index (χ1v) is 5.37. The molecule has 2 heterocycles. The fourth-order valence-corrected chi connectivity index (χ4v) is 1.50. The van der Waals surface area contributed by atoms with Gasteiger partial charge in [-0.3, -0.25) is 4.98 Å². The third-order valence-electron chi connectivity index (χ3n) is 2.44. The highest BCUT2D eigenvalue weighted by molar-refractivity contribution is 5.91. The number of nitrogens with zero attached hydrogens (tertiary/aromatic N) is 2. The van der Waals surface area contributed by atoms with Crippen LogP contribution in [0.3, 0.4) is 0 Å². The molecule has 5 nitrogen and oxygen atoms in total. The number of rotatable bonds is 3. The van der Waals surface area contributed by atoms with E-state index in [1.165, 1.54) is 12.4 Å². The van der Waals surface area contributed by atoms with Crippen molar-refractivity contribution in [3.05, 3.63) is 47.4 Å². The van der Waals surface area contributed by atoms with Crippen molar-refractivity contribution in [1.29, 1.82) is 0 Å². The maximum absolute atomic E-state index is 11.2. The maximum Gasteiger partial charge on any atom is 0.341 e. The highest BCUT2D eigenvalue weighted by atomic mass is 16.5. The van der Waals surface area contributed by atoms with Gasteiger partial charge < -0.3 is 9.84 Å². The number of aryl methyl sites for hydroxylation is 2. The number of aromatic carboxylic acids is 1. The van der Waals surface area contributed by atoms with Gasteiger partial charge in [0.05, 0.1) is 6.20 Å². The van der Waals surface area contributed by atoms with Crippen molar-refractivity contribution >= 4 is 5.97 Å². The normalized spacial score (nSPS) is 10.1. The molecule has 0 aliphatic rings. The molecule has 0 spiro atoms. The van der Waals surface area contributed by atoms with Crippen molar-refractivity contribution in [2.45, 2.75) is 13.8 Å². The van der Waals surface area contributed by atoms with E-state index in [2.05, 4.69) is 9.97 Å². The number of hydrogen-bond acceptors (Lipinski definition) is 4. The van der Waals surface area contributed by atoms with Gasteiger partial charge in [-0.25, -0.2) is 9.78 Å². The van der Waals surface area contributed by atoms with Gasteiger partial charge in [-0.15, -0.1) is 0 Å². The highest BCUT2D eigenvalue weighted by Crippen LogP contribution is 2.24. The second-order valence-corrected chi connectivity index (χ2v) is 3.85. The molecule has 0 bridgehead atoms. The molecule has 0 amide bonds.